The second-order valence-corrected chi connectivity index (χ2v) is 5.65. The molecule has 0 saturated carbocycles. The predicted molar refractivity (Wildman–Crippen MR) is 63.1 cm³/mol. The van der Waals surface area contributed by atoms with Gasteiger partial charge in [0.1, 0.15) is 0 Å². The van der Waals surface area contributed by atoms with Crippen molar-refractivity contribution in [3.05, 3.63) is 20.8 Å². The first-order valence-corrected chi connectivity index (χ1v) is 6.06. The third-order valence-electron chi connectivity index (χ3n) is 1.85. The minimum absolute atomic E-state index is 0.288. The fourth-order valence-electron chi connectivity index (χ4n) is 0.979. The zero-order valence-electron chi connectivity index (χ0n) is 8.30. The molecule has 0 aliphatic rings. The van der Waals surface area contributed by atoms with E-state index in [0.717, 1.165) is 11.0 Å². The third kappa shape index (κ3) is 3.41. The van der Waals surface area contributed by atoms with Gasteiger partial charge < -0.3 is 5.32 Å². The number of nitrogens with one attached hydrogen (secondary N) is 1. The lowest BCUT2D eigenvalue weighted by atomic mass is 9.96. The first-order valence-electron chi connectivity index (χ1n) is 4.39. The van der Waals surface area contributed by atoms with Gasteiger partial charge in [-0.05, 0) is 41.2 Å². The summed E-state index contributed by atoms with van der Waals surface area (Å²) in [5.41, 5.74) is -0.288. The summed E-state index contributed by atoms with van der Waals surface area (Å²) in [6.45, 7) is 5.41. The van der Waals surface area contributed by atoms with Crippen molar-refractivity contribution in [2.24, 2.45) is 5.41 Å². The maximum absolute atomic E-state index is 8.81. The molecule has 0 aliphatic carbocycles. The van der Waals surface area contributed by atoms with Gasteiger partial charge in [0.2, 0.25) is 0 Å². The topological polar surface area (TPSA) is 35.8 Å². The van der Waals surface area contributed by atoms with E-state index < -0.39 is 0 Å². The lowest BCUT2D eigenvalue weighted by molar-refractivity contribution is 0.446. The van der Waals surface area contributed by atoms with Crippen molar-refractivity contribution in [3.8, 4) is 6.07 Å². The molecule has 0 atom stereocenters. The average molecular weight is 273 g/mol. The van der Waals surface area contributed by atoms with E-state index in [4.69, 9.17) is 5.26 Å². The lowest BCUT2D eigenvalue weighted by Crippen LogP contribution is -2.27. The van der Waals surface area contributed by atoms with Crippen LogP contribution in [0.4, 0.5) is 0 Å². The van der Waals surface area contributed by atoms with Gasteiger partial charge >= 0.3 is 0 Å². The smallest absolute Gasteiger partial charge is 0.0697 e. The summed E-state index contributed by atoms with van der Waals surface area (Å²) >= 11 is 5.18. The van der Waals surface area contributed by atoms with E-state index in [1.54, 1.807) is 11.3 Å². The highest BCUT2D eigenvalue weighted by atomic mass is 79.9. The molecule has 0 aliphatic heterocycles. The number of rotatable bonds is 4. The Morgan fingerprint density at radius 1 is 1.64 bits per heavy atom. The molecule has 0 spiro atoms. The molecule has 1 N–H and O–H groups in total. The molecule has 76 valence electrons. The largest absolute Gasteiger partial charge is 0.310 e. The molecule has 0 radical (unpaired) electrons. The van der Waals surface area contributed by atoms with Crippen molar-refractivity contribution in [1.82, 2.24) is 5.32 Å². The van der Waals surface area contributed by atoms with Crippen molar-refractivity contribution in [2.75, 3.05) is 6.54 Å². The monoisotopic (exact) mass is 272 g/mol. The van der Waals surface area contributed by atoms with E-state index in [9.17, 15) is 0 Å². The van der Waals surface area contributed by atoms with Gasteiger partial charge in [0, 0.05) is 22.4 Å². The first kappa shape index (κ1) is 11.7. The summed E-state index contributed by atoms with van der Waals surface area (Å²) in [7, 11) is 0. The number of halogens is 1. The van der Waals surface area contributed by atoms with Crippen LogP contribution in [-0.4, -0.2) is 6.54 Å². The summed E-state index contributed by atoms with van der Waals surface area (Å²) in [5, 5.41) is 14.1. The highest BCUT2D eigenvalue weighted by molar-refractivity contribution is 9.10. The van der Waals surface area contributed by atoms with Gasteiger partial charge in [0.25, 0.3) is 0 Å². The molecule has 2 nitrogen and oxygen atoms in total. The van der Waals surface area contributed by atoms with Crippen molar-refractivity contribution >= 4 is 27.3 Å². The number of thiophene rings is 1. The molecule has 1 rings (SSSR count). The van der Waals surface area contributed by atoms with Crippen LogP contribution in [0.1, 0.15) is 18.7 Å². The summed E-state index contributed by atoms with van der Waals surface area (Å²) in [6, 6.07) is 4.30. The molecule has 4 heteroatoms. The van der Waals surface area contributed by atoms with Gasteiger partial charge in [-0.3, -0.25) is 0 Å². The van der Waals surface area contributed by atoms with Crippen LogP contribution >= 0.6 is 27.3 Å². The maximum atomic E-state index is 8.81. The highest BCUT2D eigenvalue weighted by Crippen LogP contribution is 2.22. The van der Waals surface area contributed by atoms with E-state index in [1.165, 1.54) is 4.88 Å². The van der Waals surface area contributed by atoms with E-state index in [-0.39, 0.29) is 5.41 Å². The second-order valence-electron chi connectivity index (χ2n) is 3.79. The summed E-state index contributed by atoms with van der Waals surface area (Å²) in [5.74, 6) is 0. The second kappa shape index (κ2) is 4.92. The van der Waals surface area contributed by atoms with Gasteiger partial charge in [-0.2, -0.15) is 5.26 Å². The lowest BCUT2D eigenvalue weighted by Gasteiger charge is -2.15. The number of hydrogen-bond acceptors (Lipinski definition) is 3. The van der Waals surface area contributed by atoms with Crippen LogP contribution in [0.5, 0.6) is 0 Å². The molecule has 0 unspecified atom stereocenters. The molecular weight excluding hydrogens is 260 g/mol. The summed E-state index contributed by atoms with van der Waals surface area (Å²) in [6.07, 6.45) is 0. The van der Waals surface area contributed by atoms with E-state index in [2.05, 4.69) is 32.7 Å². The summed E-state index contributed by atoms with van der Waals surface area (Å²) < 4.78 is 1.14. The standard InChI is InChI=1S/C10H13BrN2S/c1-10(2,6-12)7-13-5-9-8(11)3-4-14-9/h3-4,13H,5,7H2,1-2H3. The Hall–Kier alpha value is -0.370. The van der Waals surface area contributed by atoms with Gasteiger partial charge in [-0.15, -0.1) is 11.3 Å². The molecule has 0 fully saturated rings. The molecular formula is C10H13BrN2S. The van der Waals surface area contributed by atoms with Crippen LogP contribution in [0.2, 0.25) is 0 Å². The van der Waals surface area contributed by atoms with Gasteiger partial charge in [0.15, 0.2) is 0 Å². The molecule has 0 saturated heterocycles. The maximum Gasteiger partial charge on any atom is 0.0697 e. The normalized spacial score (nSPS) is 11.3. The van der Waals surface area contributed by atoms with Crippen molar-refractivity contribution in [2.45, 2.75) is 20.4 Å². The Balaban J connectivity index is 2.37. The van der Waals surface area contributed by atoms with Crippen LogP contribution in [0, 0.1) is 16.7 Å². The Bertz CT molecular complexity index is 338. The SMILES string of the molecule is CC(C)(C#N)CNCc1sccc1Br. The van der Waals surface area contributed by atoms with Gasteiger partial charge in [-0.25, -0.2) is 0 Å². The van der Waals surface area contributed by atoms with E-state index >= 15 is 0 Å². The van der Waals surface area contributed by atoms with Crippen LogP contribution in [-0.2, 0) is 6.54 Å². The number of nitriles is 1. The van der Waals surface area contributed by atoms with Crippen molar-refractivity contribution in [3.63, 3.8) is 0 Å². The number of hydrogen-bond donors (Lipinski definition) is 1. The minimum Gasteiger partial charge on any atom is -0.310 e. The Morgan fingerprint density at radius 3 is 2.86 bits per heavy atom. The third-order valence-corrected chi connectivity index (χ3v) is 3.77. The van der Waals surface area contributed by atoms with E-state index in [1.807, 2.05) is 19.9 Å². The molecule has 14 heavy (non-hydrogen) atoms. The van der Waals surface area contributed by atoms with Crippen LogP contribution in [0.3, 0.4) is 0 Å². The zero-order valence-corrected chi connectivity index (χ0v) is 10.7. The number of nitrogens with zero attached hydrogens (tertiary/aromatic N) is 1. The molecule has 0 amide bonds. The molecule has 1 aromatic heterocycles. The van der Waals surface area contributed by atoms with Gasteiger partial charge in [-0.1, -0.05) is 0 Å². The minimum atomic E-state index is -0.288. The van der Waals surface area contributed by atoms with Crippen molar-refractivity contribution < 1.29 is 0 Å². The quantitative estimate of drug-likeness (QED) is 0.914. The molecule has 0 bridgehead atoms. The van der Waals surface area contributed by atoms with Crippen LogP contribution in [0.25, 0.3) is 0 Å². The van der Waals surface area contributed by atoms with Crippen LogP contribution < -0.4 is 5.32 Å². The molecule has 1 aromatic rings. The fourth-order valence-corrected chi connectivity index (χ4v) is 2.44. The average Bonchev–Trinajstić information content (AvgIpc) is 2.52. The van der Waals surface area contributed by atoms with Crippen molar-refractivity contribution in [1.29, 1.82) is 5.26 Å². The van der Waals surface area contributed by atoms with Crippen LogP contribution in [0.15, 0.2) is 15.9 Å². The molecule has 0 aromatic carbocycles. The highest BCUT2D eigenvalue weighted by Gasteiger charge is 2.15. The summed E-state index contributed by atoms with van der Waals surface area (Å²) in [4.78, 5) is 1.28. The van der Waals surface area contributed by atoms with E-state index in [0.29, 0.717) is 6.54 Å². The first-order chi connectivity index (χ1) is 6.55. The predicted octanol–water partition coefficient (Wildman–Crippen LogP) is 3.15. The Kier molecular flexibility index (Phi) is 4.11. The zero-order chi connectivity index (χ0) is 10.6. The molecule has 1 heterocycles. The fraction of sp³-hybridized carbons (Fsp3) is 0.500. The Morgan fingerprint density at radius 2 is 2.36 bits per heavy atom. The Labute approximate surface area is 97.1 Å². The van der Waals surface area contributed by atoms with Gasteiger partial charge in [0.05, 0.1) is 11.5 Å².